The quantitative estimate of drug-likeness (QED) is 0.576. The molecule has 16 heavy (non-hydrogen) atoms. The van der Waals surface area contributed by atoms with E-state index in [0.717, 1.165) is 19.3 Å². The molecule has 1 aliphatic rings. The predicted molar refractivity (Wildman–Crippen MR) is 56.1 cm³/mol. The standard InChI is InChI=1S/C11H10N2O3/c12-7-8-4-5-10(6-11(8)13(14)15)16-9-2-1-3-9/h4-6,9H,1-3H2. The van der Waals surface area contributed by atoms with Gasteiger partial charge in [-0.3, -0.25) is 10.1 Å². The largest absolute Gasteiger partial charge is 0.490 e. The summed E-state index contributed by atoms with van der Waals surface area (Å²) in [6.07, 6.45) is 3.30. The van der Waals surface area contributed by atoms with E-state index < -0.39 is 4.92 Å². The number of hydrogen-bond donors (Lipinski definition) is 0. The Morgan fingerprint density at radius 1 is 1.50 bits per heavy atom. The Kier molecular flexibility index (Phi) is 2.73. The van der Waals surface area contributed by atoms with Gasteiger partial charge in [0.2, 0.25) is 0 Å². The Labute approximate surface area is 92.4 Å². The van der Waals surface area contributed by atoms with Gasteiger partial charge in [0.25, 0.3) is 5.69 Å². The molecule has 0 aromatic heterocycles. The molecule has 1 fully saturated rings. The number of nitrogens with zero attached hydrogens (tertiary/aromatic N) is 2. The molecule has 0 N–H and O–H groups in total. The number of nitriles is 1. The maximum Gasteiger partial charge on any atom is 0.290 e. The van der Waals surface area contributed by atoms with Crippen molar-refractivity contribution in [3.8, 4) is 11.8 Å². The van der Waals surface area contributed by atoms with Gasteiger partial charge in [-0.2, -0.15) is 5.26 Å². The molecule has 0 heterocycles. The van der Waals surface area contributed by atoms with Crippen molar-refractivity contribution in [3.63, 3.8) is 0 Å². The summed E-state index contributed by atoms with van der Waals surface area (Å²) in [6, 6.07) is 6.13. The highest BCUT2D eigenvalue weighted by atomic mass is 16.6. The molecule has 0 saturated heterocycles. The first kappa shape index (κ1) is 10.4. The van der Waals surface area contributed by atoms with Crippen molar-refractivity contribution in [2.45, 2.75) is 25.4 Å². The van der Waals surface area contributed by atoms with Gasteiger partial charge in [0.1, 0.15) is 17.4 Å². The fourth-order valence-electron chi connectivity index (χ4n) is 1.51. The van der Waals surface area contributed by atoms with Crippen LogP contribution in [-0.2, 0) is 0 Å². The summed E-state index contributed by atoms with van der Waals surface area (Å²) in [5, 5.41) is 19.4. The van der Waals surface area contributed by atoms with Crippen LogP contribution in [-0.4, -0.2) is 11.0 Å². The molecule has 0 unspecified atom stereocenters. The summed E-state index contributed by atoms with van der Waals surface area (Å²) in [4.78, 5) is 10.1. The van der Waals surface area contributed by atoms with Crippen LogP contribution in [0.5, 0.6) is 5.75 Å². The van der Waals surface area contributed by atoms with E-state index in [-0.39, 0.29) is 17.4 Å². The second-order valence-corrected chi connectivity index (χ2v) is 3.72. The van der Waals surface area contributed by atoms with Gasteiger partial charge in [0.15, 0.2) is 0 Å². The first-order valence-corrected chi connectivity index (χ1v) is 5.06. The van der Waals surface area contributed by atoms with Gasteiger partial charge in [0, 0.05) is 0 Å². The molecule has 0 radical (unpaired) electrons. The Morgan fingerprint density at radius 2 is 2.25 bits per heavy atom. The monoisotopic (exact) mass is 218 g/mol. The molecule has 1 aromatic rings. The molecular weight excluding hydrogens is 208 g/mol. The predicted octanol–water partition coefficient (Wildman–Crippen LogP) is 2.40. The van der Waals surface area contributed by atoms with Gasteiger partial charge in [-0.1, -0.05) is 0 Å². The zero-order chi connectivity index (χ0) is 11.5. The summed E-state index contributed by atoms with van der Waals surface area (Å²) in [5.74, 6) is 0.468. The number of hydrogen-bond acceptors (Lipinski definition) is 4. The van der Waals surface area contributed by atoms with Crippen LogP contribution < -0.4 is 4.74 Å². The Morgan fingerprint density at radius 3 is 2.75 bits per heavy atom. The third kappa shape index (κ3) is 1.96. The van der Waals surface area contributed by atoms with Crippen molar-refractivity contribution in [2.75, 3.05) is 0 Å². The van der Waals surface area contributed by atoms with Gasteiger partial charge in [-0.25, -0.2) is 0 Å². The summed E-state index contributed by atoms with van der Waals surface area (Å²) in [5.41, 5.74) is -0.134. The van der Waals surface area contributed by atoms with Crippen LogP contribution in [0.2, 0.25) is 0 Å². The fraction of sp³-hybridized carbons (Fsp3) is 0.364. The van der Waals surface area contributed by atoms with Crippen molar-refractivity contribution >= 4 is 5.69 Å². The average Bonchev–Trinajstić information content (AvgIpc) is 2.23. The molecule has 2 rings (SSSR count). The minimum Gasteiger partial charge on any atom is -0.490 e. The summed E-state index contributed by atoms with van der Waals surface area (Å²) in [7, 11) is 0. The Bertz CT molecular complexity index is 461. The van der Waals surface area contributed by atoms with Gasteiger partial charge in [-0.05, 0) is 31.4 Å². The van der Waals surface area contributed by atoms with Gasteiger partial charge >= 0.3 is 0 Å². The van der Waals surface area contributed by atoms with E-state index in [4.69, 9.17) is 10.00 Å². The van der Waals surface area contributed by atoms with Crippen LogP contribution in [0.4, 0.5) is 5.69 Å². The van der Waals surface area contributed by atoms with E-state index in [9.17, 15) is 10.1 Å². The molecule has 5 heteroatoms. The molecule has 82 valence electrons. The van der Waals surface area contributed by atoms with Crippen molar-refractivity contribution < 1.29 is 9.66 Å². The van der Waals surface area contributed by atoms with E-state index in [1.54, 1.807) is 12.1 Å². The first-order valence-electron chi connectivity index (χ1n) is 5.06. The van der Waals surface area contributed by atoms with Crippen LogP contribution in [0.25, 0.3) is 0 Å². The van der Waals surface area contributed by atoms with Crippen molar-refractivity contribution in [2.24, 2.45) is 0 Å². The maximum absolute atomic E-state index is 10.7. The second-order valence-electron chi connectivity index (χ2n) is 3.72. The number of ether oxygens (including phenoxy) is 1. The normalized spacial score (nSPS) is 14.9. The topological polar surface area (TPSA) is 76.2 Å². The van der Waals surface area contributed by atoms with E-state index >= 15 is 0 Å². The smallest absolute Gasteiger partial charge is 0.290 e. The Hall–Kier alpha value is -2.09. The number of nitro groups is 1. The van der Waals surface area contributed by atoms with Crippen LogP contribution in [0.3, 0.4) is 0 Å². The third-order valence-corrected chi connectivity index (χ3v) is 2.64. The zero-order valence-electron chi connectivity index (χ0n) is 8.55. The SMILES string of the molecule is N#Cc1ccc(OC2CCC2)cc1[N+](=O)[O-]. The summed E-state index contributed by atoms with van der Waals surface area (Å²) in [6.45, 7) is 0. The molecule has 0 aliphatic heterocycles. The van der Waals surface area contributed by atoms with Crippen molar-refractivity contribution in [1.82, 2.24) is 0 Å². The van der Waals surface area contributed by atoms with Crippen LogP contribution in [0.1, 0.15) is 24.8 Å². The molecule has 0 amide bonds. The molecule has 5 nitrogen and oxygen atoms in total. The van der Waals surface area contributed by atoms with E-state index in [0.29, 0.717) is 5.75 Å². The van der Waals surface area contributed by atoms with Gasteiger partial charge in [-0.15, -0.1) is 0 Å². The summed E-state index contributed by atoms with van der Waals surface area (Å²) >= 11 is 0. The lowest BCUT2D eigenvalue weighted by Crippen LogP contribution is -2.24. The van der Waals surface area contributed by atoms with E-state index in [2.05, 4.69) is 0 Å². The zero-order valence-corrected chi connectivity index (χ0v) is 8.55. The average molecular weight is 218 g/mol. The molecule has 1 aromatic carbocycles. The fourth-order valence-corrected chi connectivity index (χ4v) is 1.51. The van der Waals surface area contributed by atoms with E-state index in [1.807, 2.05) is 0 Å². The highest BCUT2D eigenvalue weighted by Gasteiger charge is 2.21. The third-order valence-electron chi connectivity index (χ3n) is 2.64. The minimum atomic E-state index is -0.563. The summed E-state index contributed by atoms with van der Waals surface area (Å²) < 4.78 is 5.53. The van der Waals surface area contributed by atoms with Crippen LogP contribution in [0, 0.1) is 21.4 Å². The lowest BCUT2D eigenvalue weighted by molar-refractivity contribution is -0.385. The van der Waals surface area contributed by atoms with Crippen molar-refractivity contribution in [3.05, 3.63) is 33.9 Å². The maximum atomic E-state index is 10.7. The van der Waals surface area contributed by atoms with E-state index in [1.165, 1.54) is 12.1 Å². The molecule has 1 saturated carbocycles. The molecule has 0 bridgehead atoms. The first-order chi connectivity index (χ1) is 7.70. The second kappa shape index (κ2) is 4.19. The highest BCUT2D eigenvalue weighted by Crippen LogP contribution is 2.29. The molecule has 0 atom stereocenters. The molecular formula is C11H10N2O3. The number of rotatable bonds is 3. The minimum absolute atomic E-state index is 0.0611. The van der Waals surface area contributed by atoms with Crippen LogP contribution in [0.15, 0.2) is 18.2 Å². The Balaban J connectivity index is 2.24. The highest BCUT2D eigenvalue weighted by molar-refractivity contribution is 5.52. The molecule has 0 spiro atoms. The molecule has 1 aliphatic carbocycles. The number of benzene rings is 1. The number of nitro benzene ring substituents is 1. The van der Waals surface area contributed by atoms with Crippen molar-refractivity contribution in [1.29, 1.82) is 5.26 Å². The lowest BCUT2D eigenvalue weighted by atomic mass is 9.96. The van der Waals surface area contributed by atoms with Gasteiger partial charge in [0.05, 0.1) is 17.1 Å². The lowest BCUT2D eigenvalue weighted by Gasteiger charge is -2.26. The van der Waals surface area contributed by atoms with Gasteiger partial charge < -0.3 is 4.74 Å². The van der Waals surface area contributed by atoms with Crippen LogP contribution >= 0.6 is 0 Å².